The van der Waals surface area contributed by atoms with Gasteiger partial charge in [0.2, 0.25) is 0 Å². The van der Waals surface area contributed by atoms with Crippen molar-refractivity contribution in [1.82, 2.24) is 5.32 Å². The number of nitrogens with zero attached hydrogens (tertiary/aromatic N) is 1. The molecule has 2 saturated heterocycles. The Morgan fingerprint density at radius 3 is 2.39 bits per heavy atom. The third-order valence-corrected chi connectivity index (χ3v) is 9.84. The van der Waals surface area contributed by atoms with Crippen molar-refractivity contribution in [3.8, 4) is 5.75 Å². The average molecular weight is 557 g/mol. The van der Waals surface area contributed by atoms with E-state index in [1.165, 1.54) is 33.5 Å². The van der Waals surface area contributed by atoms with Crippen LogP contribution in [-0.4, -0.2) is 63.0 Å². The molecule has 1 unspecified atom stereocenters. The minimum absolute atomic E-state index is 0.141. The highest BCUT2D eigenvalue weighted by Gasteiger charge is 2.35. The monoisotopic (exact) mass is 556 g/mol. The van der Waals surface area contributed by atoms with Gasteiger partial charge in [0, 0.05) is 57.4 Å². The summed E-state index contributed by atoms with van der Waals surface area (Å²) >= 11 is 0. The fourth-order valence-corrected chi connectivity index (χ4v) is 7.75. The van der Waals surface area contributed by atoms with Crippen LogP contribution in [0.3, 0.4) is 0 Å². The molecule has 6 heteroatoms. The second-order valence-corrected chi connectivity index (χ2v) is 12.1. The molecule has 4 atom stereocenters. The summed E-state index contributed by atoms with van der Waals surface area (Å²) in [6.07, 6.45) is 4.87. The second kappa shape index (κ2) is 12.5. The largest absolute Gasteiger partial charge is 0.508 e. The number of aliphatic hydroxyl groups is 1. The Balaban J connectivity index is 1.39. The third-order valence-electron chi connectivity index (χ3n) is 9.84. The number of phenolic OH excluding ortho intramolecular Hbond substituents is 1. The number of hydrogen-bond acceptors (Lipinski definition) is 6. The van der Waals surface area contributed by atoms with E-state index in [0.29, 0.717) is 23.5 Å². The number of methoxy groups -OCH3 is 2. The van der Waals surface area contributed by atoms with Crippen molar-refractivity contribution in [2.45, 2.75) is 62.2 Å². The van der Waals surface area contributed by atoms with E-state index < -0.39 is 0 Å². The summed E-state index contributed by atoms with van der Waals surface area (Å²) < 4.78 is 11.2. The summed E-state index contributed by atoms with van der Waals surface area (Å²) in [7, 11) is 3.46. The van der Waals surface area contributed by atoms with Gasteiger partial charge in [-0.3, -0.25) is 0 Å². The number of phenols is 1. The van der Waals surface area contributed by atoms with Gasteiger partial charge in [-0.25, -0.2) is 0 Å². The van der Waals surface area contributed by atoms with Gasteiger partial charge in [-0.15, -0.1) is 0 Å². The molecule has 6 rings (SSSR count). The number of ether oxygens (including phenoxy) is 2. The molecule has 218 valence electrons. The van der Waals surface area contributed by atoms with Gasteiger partial charge in [0.15, 0.2) is 6.29 Å². The first kappa shape index (κ1) is 28.2. The molecule has 1 aliphatic carbocycles. The number of anilines is 1. The summed E-state index contributed by atoms with van der Waals surface area (Å²) in [5.41, 5.74) is 8.00. The van der Waals surface area contributed by atoms with Gasteiger partial charge in [0.25, 0.3) is 0 Å². The zero-order chi connectivity index (χ0) is 28.3. The predicted molar refractivity (Wildman–Crippen MR) is 163 cm³/mol. The van der Waals surface area contributed by atoms with E-state index >= 15 is 0 Å². The molecule has 0 radical (unpaired) electrons. The Morgan fingerprint density at radius 2 is 1.68 bits per heavy atom. The number of nitrogens with one attached hydrogen (secondary N) is 1. The number of piperidine rings is 1. The van der Waals surface area contributed by atoms with Crippen molar-refractivity contribution in [1.29, 1.82) is 0 Å². The minimum atomic E-state index is -0.149. The molecule has 3 aliphatic rings. The lowest BCUT2D eigenvalue weighted by Crippen LogP contribution is -2.39. The Kier molecular flexibility index (Phi) is 8.63. The lowest BCUT2D eigenvalue weighted by atomic mass is 9.69. The van der Waals surface area contributed by atoms with Gasteiger partial charge < -0.3 is 29.9 Å². The maximum atomic E-state index is 10.3. The predicted octanol–water partition coefficient (Wildman–Crippen LogP) is 5.53. The fraction of sp³-hybridized carbons (Fsp3) is 0.486. The highest BCUT2D eigenvalue weighted by Crippen LogP contribution is 2.48. The molecular weight excluding hydrogens is 512 g/mol. The van der Waals surface area contributed by atoms with Crippen LogP contribution in [0.1, 0.15) is 71.3 Å². The highest BCUT2D eigenvalue weighted by atomic mass is 16.7. The van der Waals surface area contributed by atoms with Crippen LogP contribution in [0.4, 0.5) is 5.69 Å². The van der Waals surface area contributed by atoms with Crippen LogP contribution in [0, 0.1) is 5.92 Å². The number of rotatable bonds is 8. The molecule has 3 aromatic carbocycles. The smallest absolute Gasteiger partial charge is 0.159 e. The van der Waals surface area contributed by atoms with Gasteiger partial charge in [-0.05, 0) is 90.0 Å². The minimum Gasteiger partial charge on any atom is -0.508 e. The van der Waals surface area contributed by atoms with Crippen molar-refractivity contribution in [3.05, 3.63) is 94.5 Å². The number of aromatic hydroxyl groups is 1. The van der Waals surface area contributed by atoms with Crippen molar-refractivity contribution in [2.24, 2.45) is 5.92 Å². The number of fused-ring (bicyclic) bond motifs is 1. The molecule has 0 amide bonds. The van der Waals surface area contributed by atoms with Crippen molar-refractivity contribution >= 4 is 5.69 Å². The highest BCUT2D eigenvalue weighted by molar-refractivity contribution is 5.59. The molecule has 0 aromatic heterocycles. The maximum absolute atomic E-state index is 10.3. The summed E-state index contributed by atoms with van der Waals surface area (Å²) in [6, 6.07) is 24.2. The van der Waals surface area contributed by atoms with Crippen LogP contribution in [0.5, 0.6) is 5.75 Å². The number of hydrogen-bond donors (Lipinski definition) is 3. The molecule has 3 N–H and O–H groups in total. The van der Waals surface area contributed by atoms with Crippen molar-refractivity contribution in [2.75, 3.05) is 45.4 Å². The van der Waals surface area contributed by atoms with Crippen LogP contribution < -0.4 is 10.2 Å². The van der Waals surface area contributed by atoms with Crippen LogP contribution in [0.25, 0.3) is 0 Å². The second-order valence-electron chi connectivity index (χ2n) is 12.1. The zero-order valence-corrected chi connectivity index (χ0v) is 24.3. The standard InChI is InChI=1S/C35H44N2O4/c1-40-35(41-2)24-14-16-37(17-15-24)33-13-9-26(20-32(33)27-18-28(22-38)36-21-27)34-30(23-6-4-3-5-7-23)11-8-25-19-29(39)10-12-31(25)34/h3-7,9-10,12-13,19-20,24,27-28,30,34-36,38-39H,8,11,14-18,21-22H2,1-2H3/t27?,28-,30-,34+/m1/s1. The summed E-state index contributed by atoms with van der Waals surface area (Å²) in [5, 5.41) is 23.7. The number of benzene rings is 3. The molecule has 0 bridgehead atoms. The van der Waals surface area contributed by atoms with E-state index in [4.69, 9.17) is 9.47 Å². The van der Waals surface area contributed by atoms with Gasteiger partial charge in [-0.1, -0.05) is 48.5 Å². The van der Waals surface area contributed by atoms with E-state index in [1.807, 2.05) is 12.1 Å². The molecular formula is C35H44N2O4. The Bertz CT molecular complexity index is 1300. The van der Waals surface area contributed by atoms with E-state index in [1.54, 1.807) is 14.2 Å². The normalized spacial score (nSPS) is 25.0. The van der Waals surface area contributed by atoms with Crippen molar-refractivity contribution < 1.29 is 19.7 Å². The molecule has 2 aliphatic heterocycles. The first-order valence-corrected chi connectivity index (χ1v) is 15.2. The average Bonchev–Trinajstić information content (AvgIpc) is 3.51. The van der Waals surface area contributed by atoms with Gasteiger partial charge in [-0.2, -0.15) is 0 Å². The number of aliphatic hydroxyl groups excluding tert-OH is 1. The van der Waals surface area contributed by atoms with Crippen LogP contribution in [0.15, 0.2) is 66.7 Å². The fourth-order valence-electron chi connectivity index (χ4n) is 7.75. The van der Waals surface area contributed by atoms with Crippen LogP contribution in [-0.2, 0) is 15.9 Å². The summed E-state index contributed by atoms with van der Waals surface area (Å²) in [5.74, 6) is 1.68. The van der Waals surface area contributed by atoms with Gasteiger partial charge in [0.1, 0.15) is 5.75 Å². The molecule has 2 fully saturated rings. The first-order valence-electron chi connectivity index (χ1n) is 15.2. The molecule has 41 heavy (non-hydrogen) atoms. The lowest BCUT2D eigenvalue weighted by Gasteiger charge is -2.38. The Hall–Kier alpha value is -2.90. The molecule has 2 heterocycles. The van der Waals surface area contributed by atoms with Gasteiger partial charge in [0.05, 0.1) is 6.61 Å². The Morgan fingerprint density at radius 1 is 0.902 bits per heavy atom. The molecule has 0 spiro atoms. The van der Waals surface area contributed by atoms with Crippen LogP contribution in [0.2, 0.25) is 0 Å². The van der Waals surface area contributed by atoms with E-state index in [9.17, 15) is 10.2 Å². The quantitative estimate of drug-likeness (QED) is 0.317. The van der Waals surface area contributed by atoms with E-state index in [2.05, 4.69) is 64.8 Å². The SMILES string of the molecule is COC(OC)C1CCN(c2ccc([C@@H]3c4ccc(O)cc4CC[C@@H]3c3ccccc3)cc2C2CN[C@@H](CO)C2)CC1. The van der Waals surface area contributed by atoms with Crippen molar-refractivity contribution in [3.63, 3.8) is 0 Å². The zero-order valence-electron chi connectivity index (χ0n) is 24.3. The lowest BCUT2D eigenvalue weighted by molar-refractivity contribution is -0.141. The van der Waals surface area contributed by atoms with Crippen LogP contribution >= 0.6 is 0 Å². The third kappa shape index (κ3) is 5.76. The molecule has 6 nitrogen and oxygen atoms in total. The summed E-state index contributed by atoms with van der Waals surface area (Å²) in [6.45, 7) is 3.00. The molecule has 0 saturated carbocycles. The first-order chi connectivity index (χ1) is 20.1. The molecule has 3 aromatic rings. The topological polar surface area (TPSA) is 74.2 Å². The summed E-state index contributed by atoms with van der Waals surface area (Å²) in [4.78, 5) is 2.55. The Labute approximate surface area is 244 Å². The van der Waals surface area contributed by atoms with Gasteiger partial charge >= 0.3 is 0 Å². The van der Waals surface area contributed by atoms with E-state index in [-0.39, 0.29) is 24.9 Å². The van der Waals surface area contributed by atoms with E-state index in [0.717, 1.165) is 51.7 Å². The number of aryl methyl sites for hydroxylation is 1. The maximum Gasteiger partial charge on any atom is 0.159 e.